The van der Waals surface area contributed by atoms with Crippen molar-refractivity contribution in [1.82, 2.24) is 9.47 Å². The van der Waals surface area contributed by atoms with Gasteiger partial charge in [-0.1, -0.05) is 30.3 Å². The number of anilines is 1. The third-order valence-electron chi connectivity index (χ3n) is 5.87. The second-order valence-corrected chi connectivity index (χ2v) is 10.1. The Morgan fingerprint density at radius 3 is 2.55 bits per heavy atom. The Hall–Kier alpha value is -3.18. The van der Waals surface area contributed by atoms with Gasteiger partial charge in [-0.3, -0.25) is 14.3 Å². The molecule has 3 heterocycles. The maximum absolute atomic E-state index is 13.1. The lowest BCUT2D eigenvalue weighted by molar-refractivity contribution is -0.146. The van der Waals surface area contributed by atoms with Gasteiger partial charge in [0.15, 0.2) is 0 Å². The molecule has 176 valence electrons. The van der Waals surface area contributed by atoms with Crippen LogP contribution >= 0.6 is 0 Å². The number of carbonyl (C=O) groups is 2. The number of piperidine rings is 1. The first kappa shape index (κ1) is 23.0. The van der Waals surface area contributed by atoms with Crippen molar-refractivity contribution in [2.45, 2.75) is 24.6 Å². The Morgan fingerprint density at radius 2 is 1.82 bits per heavy atom. The van der Waals surface area contributed by atoms with Crippen LogP contribution < -0.4 is 10.3 Å². The Balaban J connectivity index is 1.48. The van der Waals surface area contributed by atoms with E-state index in [4.69, 9.17) is 9.84 Å². The topological polar surface area (TPSA) is 135 Å². The molecule has 33 heavy (non-hydrogen) atoms. The van der Waals surface area contributed by atoms with Crippen LogP contribution in [-0.4, -0.2) is 61.2 Å². The monoisotopic (exact) mass is 475 g/mol. The first-order valence-corrected chi connectivity index (χ1v) is 12.2. The second-order valence-electron chi connectivity index (χ2n) is 8.42. The molecular formula is C22H25N3O7S. The fraction of sp³-hybridized carbons (Fsp3) is 0.409. The number of carbonyl (C=O) groups excluding carboxylic acids is 1. The van der Waals surface area contributed by atoms with Crippen LogP contribution in [0.25, 0.3) is 0 Å². The van der Waals surface area contributed by atoms with Crippen molar-refractivity contribution >= 4 is 27.6 Å². The third kappa shape index (κ3) is 5.42. The summed E-state index contributed by atoms with van der Waals surface area (Å²) in [4.78, 5) is 37.7. The predicted octanol–water partition coefficient (Wildman–Crippen LogP) is 0.837. The minimum absolute atomic E-state index is 0.00431. The Labute approximate surface area is 190 Å². The van der Waals surface area contributed by atoms with Gasteiger partial charge in [-0.25, -0.2) is 13.2 Å². The van der Waals surface area contributed by atoms with Crippen LogP contribution in [0.3, 0.4) is 0 Å². The van der Waals surface area contributed by atoms with E-state index < -0.39 is 28.2 Å². The zero-order chi connectivity index (χ0) is 23.6. The highest BCUT2D eigenvalue weighted by Crippen LogP contribution is 2.35. The minimum Gasteiger partial charge on any atom is -0.480 e. The van der Waals surface area contributed by atoms with Crippen LogP contribution in [0, 0.1) is 5.92 Å². The molecule has 2 aliphatic heterocycles. The van der Waals surface area contributed by atoms with E-state index in [0.717, 1.165) is 12.1 Å². The molecule has 0 saturated carbocycles. The van der Waals surface area contributed by atoms with Crippen molar-refractivity contribution < 1.29 is 27.9 Å². The van der Waals surface area contributed by atoms with Crippen LogP contribution in [-0.2, 0) is 36.6 Å². The van der Waals surface area contributed by atoms with Crippen molar-refractivity contribution in [2.75, 3.05) is 31.0 Å². The molecule has 1 aromatic carbocycles. The first-order chi connectivity index (χ1) is 15.7. The van der Waals surface area contributed by atoms with Gasteiger partial charge >= 0.3 is 5.97 Å². The zero-order valence-corrected chi connectivity index (χ0v) is 18.7. The van der Waals surface area contributed by atoms with Gasteiger partial charge in [-0.15, -0.1) is 0 Å². The summed E-state index contributed by atoms with van der Waals surface area (Å²) in [6, 6.07) is 11.9. The van der Waals surface area contributed by atoms with Gasteiger partial charge in [0.25, 0.3) is 5.56 Å². The molecule has 11 heteroatoms. The van der Waals surface area contributed by atoms with Crippen LogP contribution in [0.5, 0.6) is 0 Å². The number of aliphatic carboxylic acids is 1. The summed E-state index contributed by atoms with van der Waals surface area (Å²) >= 11 is 0. The molecule has 0 aliphatic carbocycles. The molecule has 0 radical (unpaired) electrons. The number of carboxylic acid groups (broad SMARTS) is 1. The molecule has 1 saturated heterocycles. The van der Waals surface area contributed by atoms with E-state index in [1.54, 1.807) is 45.9 Å². The lowest BCUT2D eigenvalue weighted by atomic mass is 9.83. The number of hydrogen-bond donors (Lipinski definition) is 2. The number of benzene rings is 1. The number of rotatable bonds is 8. The Bertz CT molecular complexity index is 1210. The number of nitrogens with zero attached hydrogens (tertiary/aromatic N) is 2. The zero-order valence-electron chi connectivity index (χ0n) is 17.8. The fourth-order valence-electron chi connectivity index (χ4n) is 4.54. The quantitative estimate of drug-likeness (QED) is 0.578. The molecule has 1 fully saturated rings. The molecule has 10 nitrogen and oxygen atoms in total. The van der Waals surface area contributed by atoms with Crippen molar-refractivity contribution in [3.8, 4) is 0 Å². The summed E-state index contributed by atoms with van der Waals surface area (Å²) in [6.07, 6.45) is 0.818. The summed E-state index contributed by atoms with van der Waals surface area (Å²) in [5.74, 6) is -1.69. The van der Waals surface area contributed by atoms with Gasteiger partial charge in [0.05, 0.1) is 5.75 Å². The average Bonchev–Trinajstić information content (AvgIpc) is 2.76. The van der Waals surface area contributed by atoms with Gasteiger partial charge in [0.1, 0.15) is 18.9 Å². The Morgan fingerprint density at radius 1 is 1.06 bits per heavy atom. The molecule has 2 atom stereocenters. The van der Waals surface area contributed by atoms with Crippen LogP contribution in [0.4, 0.5) is 5.69 Å². The number of ether oxygens (including phenoxy) is 1. The number of fused-ring (bicyclic) bond motifs is 4. The first-order valence-electron chi connectivity index (χ1n) is 10.6. The van der Waals surface area contributed by atoms with Crippen LogP contribution in [0.1, 0.15) is 23.6 Å². The molecule has 2 aliphatic rings. The predicted molar refractivity (Wildman–Crippen MR) is 119 cm³/mol. The SMILES string of the molecule is O=C(O)COCC(=O)N1C[C@@H]2C[C@H](C1)c1ccc(NS(=O)(=O)Cc3ccccc3)c(=O)n1C2. The molecule has 2 bridgehead atoms. The number of sulfonamides is 1. The number of pyridine rings is 1. The molecule has 2 N–H and O–H groups in total. The maximum atomic E-state index is 13.1. The lowest BCUT2D eigenvalue weighted by Gasteiger charge is -2.42. The van der Waals surface area contributed by atoms with Gasteiger partial charge in [0, 0.05) is 31.2 Å². The Kier molecular flexibility index (Phi) is 6.52. The summed E-state index contributed by atoms with van der Waals surface area (Å²) in [6.45, 7) is 0.360. The highest BCUT2D eigenvalue weighted by molar-refractivity contribution is 7.91. The van der Waals surface area contributed by atoms with Gasteiger partial charge < -0.3 is 19.3 Å². The van der Waals surface area contributed by atoms with E-state index in [9.17, 15) is 22.8 Å². The van der Waals surface area contributed by atoms with E-state index in [-0.39, 0.29) is 35.8 Å². The number of hydrogen-bond acceptors (Lipinski definition) is 6. The number of amides is 1. The molecule has 0 spiro atoms. The second kappa shape index (κ2) is 9.36. The van der Waals surface area contributed by atoms with Gasteiger partial charge in [-0.2, -0.15) is 0 Å². The maximum Gasteiger partial charge on any atom is 0.329 e. The van der Waals surface area contributed by atoms with Crippen molar-refractivity contribution in [3.05, 3.63) is 64.1 Å². The third-order valence-corrected chi connectivity index (χ3v) is 7.12. The van der Waals surface area contributed by atoms with Gasteiger partial charge in [-0.05, 0) is 30.0 Å². The normalized spacial score (nSPS) is 19.6. The van der Waals surface area contributed by atoms with E-state index in [1.807, 2.05) is 0 Å². The van der Waals surface area contributed by atoms with Crippen molar-refractivity contribution in [2.24, 2.45) is 5.92 Å². The van der Waals surface area contributed by atoms with E-state index in [0.29, 0.717) is 25.2 Å². The fourth-order valence-corrected chi connectivity index (χ4v) is 5.74. The number of likely N-dealkylation sites (tertiary alicyclic amines) is 1. The van der Waals surface area contributed by atoms with Gasteiger partial charge in [0.2, 0.25) is 15.9 Å². The highest BCUT2D eigenvalue weighted by atomic mass is 32.2. The highest BCUT2D eigenvalue weighted by Gasteiger charge is 2.36. The van der Waals surface area contributed by atoms with E-state index in [2.05, 4.69) is 4.72 Å². The molecule has 1 aromatic heterocycles. The molecule has 1 amide bonds. The molecule has 4 rings (SSSR count). The standard InChI is InChI=1S/C22H25N3O7S/c26-20(12-32-13-21(27)28)24-9-16-8-17(11-24)19-7-6-18(22(29)25(19)10-16)23-33(30,31)14-15-4-2-1-3-5-15/h1-7,16-17,23H,8-14H2,(H,27,28)/t16-,17+/m0/s1. The number of nitrogens with one attached hydrogen (secondary N) is 1. The van der Waals surface area contributed by atoms with Crippen molar-refractivity contribution in [3.63, 3.8) is 0 Å². The summed E-state index contributed by atoms with van der Waals surface area (Å²) < 4.78 is 34.1. The van der Waals surface area contributed by atoms with Crippen LogP contribution in [0.15, 0.2) is 47.3 Å². The van der Waals surface area contributed by atoms with E-state index in [1.165, 1.54) is 6.07 Å². The van der Waals surface area contributed by atoms with Crippen LogP contribution in [0.2, 0.25) is 0 Å². The lowest BCUT2D eigenvalue weighted by Crippen LogP contribution is -2.50. The number of aromatic nitrogens is 1. The molecule has 2 aromatic rings. The molecular weight excluding hydrogens is 450 g/mol. The summed E-state index contributed by atoms with van der Waals surface area (Å²) in [5.41, 5.74) is 0.981. The molecule has 0 unspecified atom stereocenters. The van der Waals surface area contributed by atoms with E-state index >= 15 is 0 Å². The minimum atomic E-state index is -3.76. The number of carboxylic acids is 1. The smallest absolute Gasteiger partial charge is 0.329 e. The van der Waals surface area contributed by atoms with Crippen molar-refractivity contribution in [1.29, 1.82) is 0 Å². The summed E-state index contributed by atoms with van der Waals surface area (Å²) in [7, 11) is -3.76. The summed E-state index contributed by atoms with van der Waals surface area (Å²) in [5, 5.41) is 8.65. The average molecular weight is 476 g/mol. The largest absolute Gasteiger partial charge is 0.480 e.